The molecule has 0 bridgehead atoms. The molecule has 8 aromatic carbocycles. The molecule has 0 spiro atoms. The first kappa shape index (κ1) is 62.0. The highest BCUT2D eigenvalue weighted by molar-refractivity contribution is 6.31. The molecule has 0 saturated carbocycles. The van der Waals surface area contributed by atoms with Crippen molar-refractivity contribution >= 4 is 76.7 Å². The van der Waals surface area contributed by atoms with Gasteiger partial charge >= 0.3 is 12.2 Å². The lowest BCUT2D eigenvalue weighted by Gasteiger charge is -2.36. The number of fused-ring (bicyclic) bond motifs is 8. The SMILES string of the molecule is Cc1cc(NC(=O)[C@H](CC=O)NC(=O)[C@@H]2Cc3ccccc3CN2C(=O)OCC2c3ccccc3-c3ccccc32)ccc1Cl.Cc1cc(NC(=O)[C@H](CCO)NC(=O)[C@@H]2Cc3ccccc3CN2C(=O)OCC2c3ccccc3-c3ccccc32)ccc1Cl. The Balaban J connectivity index is 0.000000185. The molecular formula is C72H66Cl2N6O10. The van der Waals surface area contributed by atoms with Gasteiger partial charge in [-0.3, -0.25) is 29.0 Å². The maximum absolute atomic E-state index is 13.8. The Kier molecular flexibility index (Phi) is 19.2. The Hall–Kier alpha value is -9.61. The van der Waals surface area contributed by atoms with E-state index in [1.807, 2.05) is 123 Å². The molecule has 2 aliphatic heterocycles. The van der Waals surface area contributed by atoms with Crippen LogP contribution in [0.3, 0.4) is 0 Å². The molecule has 18 heteroatoms. The predicted molar refractivity (Wildman–Crippen MR) is 345 cm³/mol. The number of aliphatic hydroxyl groups excluding tert-OH is 1. The van der Waals surface area contributed by atoms with E-state index < -0.39 is 60.0 Å². The summed E-state index contributed by atoms with van der Waals surface area (Å²) in [6.45, 7) is 3.89. The fourth-order valence-corrected chi connectivity index (χ4v) is 12.7. The highest BCUT2D eigenvalue weighted by Gasteiger charge is 2.41. The Morgan fingerprint density at radius 2 is 0.867 bits per heavy atom. The van der Waals surface area contributed by atoms with Gasteiger partial charge in [0, 0.05) is 59.1 Å². The summed E-state index contributed by atoms with van der Waals surface area (Å²) in [5.74, 6) is -2.35. The molecule has 458 valence electrons. The number of hydrogen-bond acceptors (Lipinski definition) is 10. The van der Waals surface area contributed by atoms with Crippen LogP contribution in [0.4, 0.5) is 21.0 Å². The first-order valence-electron chi connectivity index (χ1n) is 29.8. The molecule has 0 aromatic heterocycles. The van der Waals surface area contributed by atoms with Gasteiger partial charge in [0.05, 0.1) is 13.1 Å². The lowest BCUT2D eigenvalue weighted by atomic mass is 9.93. The number of carbonyl (C=O) groups is 7. The topological polar surface area (TPSA) is 213 Å². The molecule has 0 saturated heterocycles. The quantitative estimate of drug-likeness (QED) is 0.0577. The van der Waals surface area contributed by atoms with Gasteiger partial charge in [-0.05, 0) is 135 Å². The molecule has 0 unspecified atom stereocenters. The minimum Gasteiger partial charge on any atom is -0.448 e. The van der Waals surface area contributed by atoms with E-state index in [4.69, 9.17) is 32.7 Å². The average molecular weight is 1250 g/mol. The van der Waals surface area contributed by atoms with Crippen molar-refractivity contribution in [2.24, 2.45) is 0 Å². The summed E-state index contributed by atoms with van der Waals surface area (Å²) in [6.07, 6.45) is -0.395. The van der Waals surface area contributed by atoms with Crippen molar-refractivity contribution in [2.75, 3.05) is 30.5 Å². The minimum atomic E-state index is -1.15. The second-order valence-corrected chi connectivity index (χ2v) is 23.6. The van der Waals surface area contributed by atoms with E-state index in [0.29, 0.717) is 27.7 Å². The number of nitrogens with one attached hydrogen (secondary N) is 4. The van der Waals surface area contributed by atoms with Crippen LogP contribution in [-0.2, 0) is 59.4 Å². The highest BCUT2D eigenvalue weighted by atomic mass is 35.5. The smallest absolute Gasteiger partial charge is 0.410 e. The van der Waals surface area contributed by atoms with Crippen LogP contribution >= 0.6 is 23.2 Å². The van der Waals surface area contributed by atoms with E-state index in [2.05, 4.69) is 57.7 Å². The summed E-state index contributed by atoms with van der Waals surface area (Å²) in [5.41, 5.74) is 15.1. The average Bonchev–Trinajstić information content (AvgIpc) is 1.65. The predicted octanol–water partition coefficient (Wildman–Crippen LogP) is 11.9. The number of rotatable bonds is 16. The van der Waals surface area contributed by atoms with Gasteiger partial charge in [0.25, 0.3) is 0 Å². The standard InChI is InChI=1S/C36H34ClN3O5.C36H32ClN3O5/c2*1-22-18-25(14-15-31(22)37)38-34(42)32(16-17-41)39-35(43)33-19-23-8-2-3-9-24(23)20-40(33)36(44)45-21-30-28-12-6-4-10-26(28)27-11-5-7-13-29(27)30/h2-15,18,30,32-33,41H,16-17,19-21H2,1H3,(H,38,42)(H,39,43);2-15,17-18,30,32-33H,16,19-21H2,1H3,(H,38,42)(H,39,43)/t2*32-,33-/m00/s1. The molecule has 4 aliphatic rings. The van der Waals surface area contributed by atoms with Gasteiger partial charge < -0.3 is 40.6 Å². The number of aldehydes is 1. The zero-order valence-electron chi connectivity index (χ0n) is 49.5. The third-order valence-electron chi connectivity index (χ3n) is 17.1. The van der Waals surface area contributed by atoms with Crippen molar-refractivity contribution in [3.05, 3.63) is 248 Å². The van der Waals surface area contributed by atoms with Crippen LogP contribution in [0.5, 0.6) is 0 Å². The second-order valence-electron chi connectivity index (χ2n) is 22.8. The zero-order chi connectivity index (χ0) is 63.0. The number of hydrogen-bond donors (Lipinski definition) is 5. The van der Waals surface area contributed by atoms with Crippen molar-refractivity contribution in [3.8, 4) is 22.3 Å². The van der Waals surface area contributed by atoms with Crippen molar-refractivity contribution in [1.29, 1.82) is 0 Å². The van der Waals surface area contributed by atoms with Gasteiger partial charge in [-0.1, -0.05) is 169 Å². The molecule has 16 nitrogen and oxygen atoms in total. The number of ether oxygens (including phenoxy) is 2. The molecule has 6 amide bonds. The third-order valence-corrected chi connectivity index (χ3v) is 18.0. The maximum atomic E-state index is 13.8. The first-order chi connectivity index (χ1) is 43.7. The highest BCUT2D eigenvalue weighted by Crippen LogP contribution is 2.46. The summed E-state index contributed by atoms with van der Waals surface area (Å²) in [5, 5.41) is 21.9. The lowest BCUT2D eigenvalue weighted by Crippen LogP contribution is -2.56. The van der Waals surface area contributed by atoms with Gasteiger partial charge in [0.1, 0.15) is 43.7 Å². The second kappa shape index (κ2) is 27.8. The van der Waals surface area contributed by atoms with Crippen LogP contribution in [0.2, 0.25) is 10.0 Å². The first-order valence-corrected chi connectivity index (χ1v) is 30.6. The summed E-state index contributed by atoms with van der Waals surface area (Å²) in [4.78, 5) is 95.8. The molecule has 90 heavy (non-hydrogen) atoms. The fourth-order valence-electron chi connectivity index (χ4n) is 12.4. The molecular weight excluding hydrogens is 1180 g/mol. The van der Waals surface area contributed by atoms with Crippen LogP contribution in [0.15, 0.2) is 182 Å². The van der Waals surface area contributed by atoms with Gasteiger partial charge in [0.2, 0.25) is 23.6 Å². The number of amides is 6. The summed E-state index contributed by atoms with van der Waals surface area (Å²) in [6, 6.07) is 53.7. The third kappa shape index (κ3) is 13.5. The van der Waals surface area contributed by atoms with Gasteiger partial charge in [-0.25, -0.2) is 9.59 Å². The number of nitrogens with zero attached hydrogens (tertiary/aromatic N) is 2. The molecule has 5 N–H and O–H groups in total. The Morgan fingerprint density at radius 3 is 1.24 bits per heavy atom. The van der Waals surface area contributed by atoms with E-state index in [1.54, 1.807) is 36.4 Å². The van der Waals surface area contributed by atoms with Crippen molar-refractivity contribution in [2.45, 2.75) is 88.6 Å². The summed E-state index contributed by atoms with van der Waals surface area (Å²) < 4.78 is 11.9. The number of halogens is 2. The number of anilines is 2. The molecule has 4 atom stereocenters. The number of benzene rings is 8. The van der Waals surface area contributed by atoms with E-state index in [9.17, 15) is 38.7 Å². The summed E-state index contributed by atoms with van der Waals surface area (Å²) >= 11 is 12.2. The molecule has 12 rings (SSSR count). The normalized spacial score (nSPS) is 15.7. The maximum Gasteiger partial charge on any atom is 0.410 e. The Bertz CT molecular complexity index is 3970. The Morgan fingerprint density at radius 1 is 0.511 bits per heavy atom. The van der Waals surface area contributed by atoms with Crippen molar-refractivity contribution in [1.82, 2.24) is 20.4 Å². The molecule has 2 aliphatic carbocycles. The van der Waals surface area contributed by atoms with Gasteiger partial charge in [-0.15, -0.1) is 0 Å². The largest absolute Gasteiger partial charge is 0.448 e. The Labute approximate surface area is 531 Å². The van der Waals surface area contributed by atoms with Crippen LogP contribution in [-0.4, -0.2) is 101 Å². The number of carbonyl (C=O) groups excluding carboxylic acids is 7. The number of aryl methyl sites for hydroxylation is 2. The van der Waals surface area contributed by atoms with E-state index in [0.717, 1.165) is 77.9 Å². The molecule has 0 fully saturated rings. The molecule has 0 radical (unpaired) electrons. The van der Waals surface area contributed by atoms with Gasteiger partial charge in [-0.2, -0.15) is 0 Å². The fraction of sp³-hybridized carbons (Fsp3) is 0.236. The van der Waals surface area contributed by atoms with Crippen LogP contribution in [0.25, 0.3) is 22.3 Å². The summed E-state index contributed by atoms with van der Waals surface area (Å²) in [7, 11) is 0. The minimum absolute atomic E-state index is 0.00159. The van der Waals surface area contributed by atoms with Crippen LogP contribution < -0.4 is 21.3 Å². The number of aliphatic hydroxyl groups is 1. The van der Waals surface area contributed by atoms with Gasteiger partial charge in [0.15, 0.2) is 0 Å². The molecule has 8 aromatic rings. The molecule has 2 heterocycles. The van der Waals surface area contributed by atoms with Crippen LogP contribution in [0, 0.1) is 13.8 Å². The van der Waals surface area contributed by atoms with E-state index in [1.165, 1.54) is 9.80 Å². The zero-order valence-corrected chi connectivity index (χ0v) is 51.0. The van der Waals surface area contributed by atoms with E-state index >= 15 is 0 Å². The van der Waals surface area contributed by atoms with E-state index in [-0.39, 0.29) is 70.4 Å². The monoisotopic (exact) mass is 1240 g/mol. The van der Waals surface area contributed by atoms with Crippen LogP contribution in [0.1, 0.15) is 80.3 Å². The van der Waals surface area contributed by atoms with Crippen molar-refractivity contribution in [3.63, 3.8) is 0 Å². The van der Waals surface area contributed by atoms with Crippen molar-refractivity contribution < 1.29 is 48.1 Å². The lowest BCUT2D eigenvalue weighted by molar-refractivity contribution is -0.131.